The monoisotopic (exact) mass is 332 g/mol. The maximum Gasteiger partial charge on any atom is 0.266 e. The van der Waals surface area contributed by atoms with Crippen LogP contribution >= 0.6 is 11.6 Å². The fourth-order valence-corrected chi connectivity index (χ4v) is 2.19. The number of aromatic nitrogens is 2. The van der Waals surface area contributed by atoms with Gasteiger partial charge in [-0.15, -0.1) is 0 Å². The molecule has 1 aromatic heterocycles. The molecule has 0 fully saturated rings. The van der Waals surface area contributed by atoms with Crippen LogP contribution in [0.1, 0.15) is 32.4 Å². The normalized spacial score (nSPS) is 11.8. The van der Waals surface area contributed by atoms with Gasteiger partial charge in [0.15, 0.2) is 6.10 Å². The Kier molecular flexibility index (Phi) is 5.24. The van der Waals surface area contributed by atoms with Gasteiger partial charge in [-0.1, -0.05) is 11.6 Å². The van der Waals surface area contributed by atoms with E-state index in [-0.39, 0.29) is 17.0 Å². The van der Waals surface area contributed by atoms with Crippen molar-refractivity contribution in [3.05, 3.63) is 41.0 Å². The molecule has 120 valence electrons. The third kappa shape index (κ3) is 4.02. The van der Waals surface area contributed by atoms with Crippen LogP contribution in [0.4, 0.5) is 5.82 Å². The molecule has 2 aromatic rings. The SMILES string of the molecule is CC(C)n1nccc1NC(=O)[C@H](C)Oc1ccc(C#N)cc1Cl. The summed E-state index contributed by atoms with van der Waals surface area (Å²) in [5, 5.41) is 16.0. The molecule has 1 heterocycles. The van der Waals surface area contributed by atoms with Crippen molar-refractivity contribution in [3.8, 4) is 11.8 Å². The number of amides is 1. The van der Waals surface area contributed by atoms with Gasteiger partial charge < -0.3 is 10.1 Å². The van der Waals surface area contributed by atoms with E-state index in [1.807, 2.05) is 19.9 Å². The molecule has 1 aromatic carbocycles. The van der Waals surface area contributed by atoms with Crippen LogP contribution in [0.25, 0.3) is 0 Å². The molecule has 0 radical (unpaired) electrons. The van der Waals surface area contributed by atoms with Crippen LogP contribution in [0.15, 0.2) is 30.5 Å². The first-order valence-electron chi connectivity index (χ1n) is 7.13. The summed E-state index contributed by atoms with van der Waals surface area (Å²) in [5.41, 5.74) is 0.431. The summed E-state index contributed by atoms with van der Waals surface area (Å²) in [5.74, 6) is 0.643. The lowest BCUT2D eigenvalue weighted by Gasteiger charge is -2.17. The molecule has 0 unspecified atom stereocenters. The molecule has 0 spiro atoms. The van der Waals surface area contributed by atoms with Gasteiger partial charge in [0.25, 0.3) is 5.91 Å². The van der Waals surface area contributed by atoms with Crippen LogP contribution < -0.4 is 10.1 Å². The zero-order chi connectivity index (χ0) is 17.0. The standard InChI is InChI=1S/C16H17ClN4O2/c1-10(2)21-15(6-7-19-21)20-16(22)11(3)23-14-5-4-12(9-18)8-13(14)17/h4-8,10-11H,1-3H3,(H,20,22)/t11-/m0/s1. The molecule has 6 nitrogen and oxygen atoms in total. The molecular formula is C16H17ClN4O2. The highest BCUT2D eigenvalue weighted by molar-refractivity contribution is 6.32. The number of carbonyl (C=O) groups is 1. The highest BCUT2D eigenvalue weighted by Crippen LogP contribution is 2.26. The van der Waals surface area contributed by atoms with Crippen LogP contribution in [-0.4, -0.2) is 21.8 Å². The molecule has 0 aliphatic heterocycles. The molecular weight excluding hydrogens is 316 g/mol. The van der Waals surface area contributed by atoms with E-state index in [9.17, 15) is 4.79 Å². The van der Waals surface area contributed by atoms with Gasteiger partial charge in [0.2, 0.25) is 0 Å². The number of benzene rings is 1. The van der Waals surface area contributed by atoms with Crippen molar-refractivity contribution in [3.63, 3.8) is 0 Å². The summed E-state index contributed by atoms with van der Waals surface area (Å²) in [6.07, 6.45) is 0.870. The molecule has 0 saturated carbocycles. The molecule has 7 heteroatoms. The Morgan fingerprint density at radius 2 is 2.13 bits per heavy atom. The second-order valence-corrected chi connectivity index (χ2v) is 5.67. The minimum atomic E-state index is -0.754. The van der Waals surface area contributed by atoms with E-state index >= 15 is 0 Å². The van der Waals surface area contributed by atoms with Crippen molar-refractivity contribution in [1.82, 2.24) is 9.78 Å². The summed E-state index contributed by atoms with van der Waals surface area (Å²) in [7, 11) is 0. The average molecular weight is 333 g/mol. The van der Waals surface area contributed by atoms with Gasteiger partial charge in [0.05, 0.1) is 22.9 Å². The van der Waals surface area contributed by atoms with Crippen LogP contribution in [-0.2, 0) is 4.79 Å². The summed E-state index contributed by atoms with van der Waals surface area (Å²) >= 11 is 6.04. The lowest BCUT2D eigenvalue weighted by atomic mass is 10.2. The average Bonchev–Trinajstić information content (AvgIpc) is 2.97. The number of rotatable bonds is 5. The quantitative estimate of drug-likeness (QED) is 0.910. The van der Waals surface area contributed by atoms with Gasteiger partial charge >= 0.3 is 0 Å². The Labute approximate surface area is 139 Å². The van der Waals surface area contributed by atoms with Crippen LogP contribution in [0.3, 0.4) is 0 Å². The summed E-state index contributed by atoms with van der Waals surface area (Å²) < 4.78 is 7.28. The van der Waals surface area contributed by atoms with Crippen molar-refractivity contribution < 1.29 is 9.53 Å². The lowest BCUT2D eigenvalue weighted by molar-refractivity contribution is -0.122. The molecule has 1 N–H and O–H groups in total. The van der Waals surface area contributed by atoms with E-state index in [0.717, 1.165) is 0 Å². The minimum Gasteiger partial charge on any atom is -0.479 e. The van der Waals surface area contributed by atoms with Gasteiger partial charge in [0.1, 0.15) is 11.6 Å². The predicted octanol–water partition coefficient (Wildman–Crippen LogP) is 3.40. The number of ether oxygens (including phenoxy) is 1. The first kappa shape index (κ1) is 16.8. The number of carbonyl (C=O) groups excluding carboxylic acids is 1. The molecule has 23 heavy (non-hydrogen) atoms. The number of nitrogens with zero attached hydrogens (tertiary/aromatic N) is 3. The first-order valence-corrected chi connectivity index (χ1v) is 7.51. The van der Waals surface area contributed by atoms with E-state index in [2.05, 4.69) is 10.4 Å². The number of hydrogen-bond acceptors (Lipinski definition) is 4. The fourth-order valence-electron chi connectivity index (χ4n) is 1.96. The zero-order valence-electron chi connectivity index (χ0n) is 13.1. The Hall–Kier alpha value is -2.52. The van der Waals surface area contributed by atoms with Crippen molar-refractivity contribution in [2.45, 2.75) is 32.9 Å². The van der Waals surface area contributed by atoms with Crippen molar-refractivity contribution in [2.75, 3.05) is 5.32 Å². The molecule has 2 rings (SSSR count). The second-order valence-electron chi connectivity index (χ2n) is 5.26. The lowest BCUT2D eigenvalue weighted by Crippen LogP contribution is -2.31. The van der Waals surface area contributed by atoms with Crippen molar-refractivity contribution >= 4 is 23.3 Å². The number of nitriles is 1. The zero-order valence-corrected chi connectivity index (χ0v) is 13.8. The molecule has 0 saturated heterocycles. The highest BCUT2D eigenvalue weighted by Gasteiger charge is 2.18. The first-order chi connectivity index (χ1) is 10.9. The minimum absolute atomic E-state index is 0.129. The summed E-state index contributed by atoms with van der Waals surface area (Å²) in [6.45, 7) is 5.57. The highest BCUT2D eigenvalue weighted by atomic mass is 35.5. The Bertz CT molecular complexity index is 749. The van der Waals surface area contributed by atoms with E-state index in [4.69, 9.17) is 21.6 Å². The van der Waals surface area contributed by atoms with E-state index in [1.165, 1.54) is 6.07 Å². The molecule has 0 aliphatic carbocycles. The number of nitrogens with one attached hydrogen (secondary N) is 1. The van der Waals surface area contributed by atoms with Gasteiger partial charge in [-0.25, -0.2) is 4.68 Å². The Balaban J connectivity index is 2.06. The van der Waals surface area contributed by atoms with Crippen LogP contribution in [0.2, 0.25) is 5.02 Å². The second kappa shape index (κ2) is 7.16. The number of hydrogen-bond donors (Lipinski definition) is 1. The smallest absolute Gasteiger partial charge is 0.266 e. The Morgan fingerprint density at radius 1 is 1.39 bits per heavy atom. The fraction of sp³-hybridized carbons (Fsp3) is 0.312. The molecule has 0 aliphatic rings. The number of anilines is 1. The van der Waals surface area contributed by atoms with Gasteiger partial charge in [0, 0.05) is 12.1 Å². The largest absolute Gasteiger partial charge is 0.479 e. The predicted molar refractivity (Wildman–Crippen MR) is 87.5 cm³/mol. The van der Waals surface area contributed by atoms with Gasteiger partial charge in [-0.3, -0.25) is 4.79 Å². The maximum absolute atomic E-state index is 12.3. The van der Waals surface area contributed by atoms with E-state index in [1.54, 1.807) is 36.0 Å². The molecule has 1 atom stereocenters. The third-order valence-corrected chi connectivity index (χ3v) is 3.44. The number of halogens is 1. The van der Waals surface area contributed by atoms with Crippen molar-refractivity contribution in [2.24, 2.45) is 0 Å². The van der Waals surface area contributed by atoms with Crippen LogP contribution in [0.5, 0.6) is 5.75 Å². The van der Waals surface area contributed by atoms with E-state index < -0.39 is 6.10 Å². The Morgan fingerprint density at radius 3 is 2.74 bits per heavy atom. The molecule has 0 bridgehead atoms. The van der Waals surface area contributed by atoms with Crippen molar-refractivity contribution in [1.29, 1.82) is 5.26 Å². The molecule has 1 amide bonds. The topological polar surface area (TPSA) is 79.9 Å². The summed E-state index contributed by atoms with van der Waals surface area (Å²) in [4.78, 5) is 12.3. The third-order valence-electron chi connectivity index (χ3n) is 3.14. The van der Waals surface area contributed by atoms with Crippen LogP contribution in [0, 0.1) is 11.3 Å². The maximum atomic E-state index is 12.3. The van der Waals surface area contributed by atoms with E-state index in [0.29, 0.717) is 17.1 Å². The van der Waals surface area contributed by atoms with Gasteiger partial charge in [-0.2, -0.15) is 10.4 Å². The van der Waals surface area contributed by atoms with Gasteiger partial charge in [-0.05, 0) is 39.0 Å². The summed E-state index contributed by atoms with van der Waals surface area (Å²) in [6, 6.07) is 8.49.